The third-order valence-corrected chi connectivity index (χ3v) is 7.21. The highest BCUT2D eigenvalue weighted by Crippen LogP contribution is 2.47. The monoisotopic (exact) mass is 549 g/mol. The lowest BCUT2D eigenvalue weighted by molar-refractivity contribution is -0.143. The minimum Gasteiger partial charge on any atom is -0.496 e. The van der Waals surface area contributed by atoms with Gasteiger partial charge in [0.1, 0.15) is 5.75 Å². The third-order valence-electron chi connectivity index (χ3n) is 6.98. The van der Waals surface area contributed by atoms with E-state index >= 15 is 0 Å². The van der Waals surface area contributed by atoms with Gasteiger partial charge in [-0.2, -0.15) is 26.3 Å². The molecular formula is C27H30ClF6NO2. The molecule has 0 aliphatic heterocycles. The Morgan fingerprint density at radius 3 is 2.08 bits per heavy atom. The first-order valence-corrected chi connectivity index (χ1v) is 12.1. The molecule has 204 valence electrons. The molecule has 1 N–H and O–H groups in total. The van der Waals surface area contributed by atoms with Crippen LogP contribution in [0.5, 0.6) is 5.75 Å². The van der Waals surface area contributed by atoms with E-state index in [2.05, 4.69) is 13.8 Å². The van der Waals surface area contributed by atoms with Crippen molar-refractivity contribution < 1.29 is 36.2 Å². The van der Waals surface area contributed by atoms with Gasteiger partial charge in [0.05, 0.1) is 30.4 Å². The van der Waals surface area contributed by atoms with Crippen molar-refractivity contribution in [3.8, 4) is 5.75 Å². The Morgan fingerprint density at radius 1 is 1.00 bits per heavy atom. The van der Waals surface area contributed by atoms with Crippen molar-refractivity contribution in [2.24, 2.45) is 5.41 Å². The van der Waals surface area contributed by atoms with E-state index in [9.17, 15) is 31.4 Å². The maximum Gasteiger partial charge on any atom is 0.416 e. The molecule has 0 aromatic heterocycles. The standard InChI is InChI=1S/C27H30ClF6NO2/c1-15(24(36)16-10-17(26(29,30)31)12-18(11-16)27(32,33)34)35(4)22-14-25(2,3)9-8-20(22)21-13-19(28)6-7-23(21)37-5/h6-7,10-13,15,24,36H,8-9,14H2,1-5H3/t15-,24-/m0/s1. The Hall–Kier alpha value is -2.39. The lowest BCUT2D eigenvalue weighted by Crippen LogP contribution is -2.37. The normalized spacial score (nSPS) is 18.0. The molecule has 0 saturated carbocycles. The van der Waals surface area contributed by atoms with Gasteiger partial charge in [-0.25, -0.2) is 0 Å². The Kier molecular flexibility index (Phi) is 8.20. The zero-order valence-electron chi connectivity index (χ0n) is 21.2. The molecule has 0 radical (unpaired) electrons. The van der Waals surface area contributed by atoms with Gasteiger partial charge in [-0.05, 0) is 79.1 Å². The minimum atomic E-state index is -5.00. The fourth-order valence-corrected chi connectivity index (χ4v) is 4.86. The van der Waals surface area contributed by atoms with E-state index in [1.807, 2.05) is 0 Å². The second-order valence-electron chi connectivity index (χ2n) is 10.2. The molecule has 1 aliphatic carbocycles. The van der Waals surface area contributed by atoms with Crippen molar-refractivity contribution in [2.45, 2.75) is 64.5 Å². The lowest BCUT2D eigenvalue weighted by atomic mass is 9.74. The number of aliphatic hydroxyl groups excluding tert-OH is 1. The molecule has 3 rings (SSSR count). The third kappa shape index (κ3) is 6.55. The maximum absolute atomic E-state index is 13.4. The predicted molar refractivity (Wildman–Crippen MR) is 131 cm³/mol. The van der Waals surface area contributed by atoms with Crippen molar-refractivity contribution >= 4 is 17.2 Å². The summed E-state index contributed by atoms with van der Waals surface area (Å²) in [5, 5.41) is 11.5. The van der Waals surface area contributed by atoms with Crippen LogP contribution >= 0.6 is 11.6 Å². The summed E-state index contributed by atoms with van der Waals surface area (Å²) in [5.74, 6) is 0.589. The van der Waals surface area contributed by atoms with Gasteiger partial charge in [0.2, 0.25) is 0 Å². The molecule has 0 amide bonds. The van der Waals surface area contributed by atoms with Crippen LogP contribution in [-0.4, -0.2) is 30.2 Å². The number of ether oxygens (including phenoxy) is 1. The molecule has 0 fully saturated rings. The van der Waals surface area contributed by atoms with Gasteiger partial charge in [-0.1, -0.05) is 25.4 Å². The quantitative estimate of drug-likeness (QED) is 0.367. The van der Waals surface area contributed by atoms with Gasteiger partial charge in [0.15, 0.2) is 0 Å². The SMILES string of the molecule is COc1ccc(Cl)cc1C1=C(N(C)[C@@H](C)[C@H](O)c2cc(C(F)(F)F)cc(C(F)(F)F)c2)CC(C)(C)CC1. The van der Waals surface area contributed by atoms with E-state index in [1.165, 1.54) is 7.11 Å². The van der Waals surface area contributed by atoms with Crippen LogP contribution < -0.4 is 4.74 Å². The van der Waals surface area contributed by atoms with Crippen molar-refractivity contribution in [3.63, 3.8) is 0 Å². The number of hydrogen-bond acceptors (Lipinski definition) is 3. The number of aliphatic hydroxyl groups is 1. The van der Waals surface area contributed by atoms with Crippen LogP contribution in [0.1, 0.15) is 68.4 Å². The van der Waals surface area contributed by atoms with E-state index in [0.717, 1.165) is 23.3 Å². The first-order valence-electron chi connectivity index (χ1n) is 11.7. The smallest absolute Gasteiger partial charge is 0.416 e. The van der Waals surface area contributed by atoms with Crippen LogP contribution in [0.15, 0.2) is 42.1 Å². The summed E-state index contributed by atoms with van der Waals surface area (Å²) in [6.45, 7) is 5.73. The number of likely N-dealkylation sites (N-methyl/N-ethyl adjacent to an activating group) is 1. The number of alkyl halides is 6. The minimum absolute atomic E-state index is 0.0559. The first kappa shape index (κ1) is 29.2. The number of allylic oxidation sites excluding steroid dienone is 2. The van der Waals surface area contributed by atoms with Crippen molar-refractivity contribution in [1.82, 2.24) is 4.90 Å². The summed E-state index contributed by atoms with van der Waals surface area (Å²) in [6.07, 6.45) is -9.58. The molecule has 0 unspecified atom stereocenters. The fourth-order valence-electron chi connectivity index (χ4n) is 4.69. The van der Waals surface area contributed by atoms with Gasteiger partial charge in [-0.15, -0.1) is 0 Å². The molecule has 0 saturated heterocycles. The maximum atomic E-state index is 13.4. The lowest BCUT2D eigenvalue weighted by Gasteiger charge is -2.41. The first-order chi connectivity index (χ1) is 16.9. The molecule has 2 atom stereocenters. The molecule has 37 heavy (non-hydrogen) atoms. The van der Waals surface area contributed by atoms with Gasteiger partial charge in [-0.3, -0.25) is 0 Å². The zero-order chi connectivity index (χ0) is 27.9. The molecule has 10 heteroatoms. The van der Waals surface area contributed by atoms with E-state index in [1.54, 1.807) is 37.1 Å². The van der Waals surface area contributed by atoms with Gasteiger partial charge < -0.3 is 14.7 Å². The van der Waals surface area contributed by atoms with Crippen LogP contribution in [0.25, 0.3) is 5.57 Å². The van der Waals surface area contributed by atoms with Crippen molar-refractivity contribution in [1.29, 1.82) is 0 Å². The van der Waals surface area contributed by atoms with Gasteiger partial charge in [0.25, 0.3) is 0 Å². The molecule has 0 heterocycles. The Labute approximate surface area is 217 Å². The van der Waals surface area contributed by atoms with Crippen LogP contribution in [0.3, 0.4) is 0 Å². The Morgan fingerprint density at radius 2 is 1.57 bits per heavy atom. The number of nitrogens with zero attached hydrogens (tertiary/aromatic N) is 1. The summed E-state index contributed by atoms with van der Waals surface area (Å²) in [7, 11) is 3.21. The molecule has 2 aromatic carbocycles. The zero-order valence-corrected chi connectivity index (χ0v) is 21.9. The van der Waals surface area contributed by atoms with Crippen LogP contribution in [0, 0.1) is 5.41 Å². The van der Waals surface area contributed by atoms with Crippen LogP contribution in [0.4, 0.5) is 26.3 Å². The van der Waals surface area contributed by atoms with Crippen LogP contribution in [-0.2, 0) is 12.4 Å². The van der Waals surface area contributed by atoms with E-state index < -0.39 is 41.2 Å². The highest BCUT2D eigenvalue weighted by Gasteiger charge is 2.39. The summed E-state index contributed by atoms with van der Waals surface area (Å²) in [6, 6.07) is 5.55. The molecule has 2 aromatic rings. The summed E-state index contributed by atoms with van der Waals surface area (Å²) in [4.78, 5) is 1.73. The van der Waals surface area contributed by atoms with E-state index in [0.29, 0.717) is 35.7 Å². The highest BCUT2D eigenvalue weighted by atomic mass is 35.5. The van der Waals surface area contributed by atoms with E-state index in [-0.39, 0.29) is 11.5 Å². The predicted octanol–water partition coefficient (Wildman–Crippen LogP) is 8.36. The molecular weight excluding hydrogens is 520 g/mol. The summed E-state index contributed by atoms with van der Waals surface area (Å²) in [5.41, 5.74) is -1.04. The van der Waals surface area contributed by atoms with Gasteiger partial charge in [0, 0.05) is 23.3 Å². The largest absolute Gasteiger partial charge is 0.496 e. The van der Waals surface area contributed by atoms with Crippen molar-refractivity contribution in [2.75, 3.05) is 14.2 Å². The highest BCUT2D eigenvalue weighted by molar-refractivity contribution is 6.30. The second kappa shape index (κ2) is 10.4. The van der Waals surface area contributed by atoms with Crippen LogP contribution in [0.2, 0.25) is 5.02 Å². The fraction of sp³-hybridized carbons (Fsp3) is 0.481. The molecule has 0 spiro atoms. The number of halogens is 7. The summed E-state index contributed by atoms with van der Waals surface area (Å²) >= 11 is 6.26. The number of rotatable bonds is 6. The number of hydrogen-bond donors (Lipinski definition) is 1. The number of methoxy groups -OCH3 is 1. The average molecular weight is 550 g/mol. The molecule has 3 nitrogen and oxygen atoms in total. The van der Waals surface area contributed by atoms with Gasteiger partial charge >= 0.3 is 12.4 Å². The second-order valence-corrected chi connectivity index (χ2v) is 10.7. The molecule has 0 bridgehead atoms. The topological polar surface area (TPSA) is 32.7 Å². The number of benzene rings is 2. The Bertz CT molecular complexity index is 1140. The Balaban J connectivity index is 2.09. The summed E-state index contributed by atoms with van der Waals surface area (Å²) < 4.78 is 85.9. The van der Waals surface area contributed by atoms with E-state index in [4.69, 9.17) is 16.3 Å². The van der Waals surface area contributed by atoms with Crippen molar-refractivity contribution in [3.05, 3.63) is 69.4 Å². The molecule has 1 aliphatic rings. The average Bonchev–Trinajstić information content (AvgIpc) is 2.80.